The van der Waals surface area contributed by atoms with Crippen molar-refractivity contribution in [3.63, 3.8) is 0 Å². The molecule has 3 rings (SSSR count). The third-order valence-electron chi connectivity index (χ3n) is 4.17. The predicted molar refractivity (Wildman–Crippen MR) is 102 cm³/mol. The number of hydrogen-bond acceptors (Lipinski definition) is 4. The molecule has 0 bridgehead atoms. The monoisotopic (exact) mass is 384 g/mol. The highest BCUT2D eigenvalue weighted by Crippen LogP contribution is 2.15. The molecule has 0 aliphatic rings. The largest absolute Gasteiger partial charge is 0.332 e. The van der Waals surface area contributed by atoms with Crippen LogP contribution in [-0.2, 0) is 16.1 Å². The lowest BCUT2D eigenvalue weighted by atomic mass is 10.2. The molecule has 9 heteroatoms. The fourth-order valence-corrected chi connectivity index (χ4v) is 2.83. The Bertz CT molecular complexity index is 963. The molecular formula is C19H21FN6O2. The number of carbonyl (C=O) groups is 2. The molecule has 0 fully saturated rings. The van der Waals surface area contributed by atoms with E-state index in [1.54, 1.807) is 12.4 Å². The fraction of sp³-hybridized carbons (Fsp3) is 0.263. The lowest BCUT2D eigenvalue weighted by Crippen LogP contribution is -2.19. The van der Waals surface area contributed by atoms with Crippen LogP contribution >= 0.6 is 0 Å². The van der Waals surface area contributed by atoms with Crippen LogP contribution in [0.3, 0.4) is 0 Å². The number of amides is 2. The molecule has 146 valence electrons. The molecule has 2 N–H and O–H groups in total. The minimum absolute atomic E-state index is 0.0287. The standard InChI is InChI=1S/C19H21FN6O2/c1-13(26-8-7-21-14(26)2)9-18(27)24-17-10-22-25(11-17)12-19(28)23-16-5-3-15(20)4-6-16/h3-8,10-11,13H,9,12H2,1-2H3,(H,23,28)(H,24,27)/t13-/m1/s1. The molecule has 1 aromatic carbocycles. The normalized spacial score (nSPS) is 11.8. The number of hydrogen-bond donors (Lipinski definition) is 2. The number of imidazole rings is 1. The molecule has 3 aromatic rings. The number of halogens is 1. The van der Waals surface area contributed by atoms with Gasteiger partial charge in [-0.05, 0) is 38.1 Å². The van der Waals surface area contributed by atoms with E-state index in [9.17, 15) is 14.0 Å². The number of carbonyl (C=O) groups excluding carboxylic acids is 2. The SMILES string of the molecule is Cc1nccn1[C@H](C)CC(=O)Nc1cnn(CC(=O)Nc2ccc(F)cc2)c1. The van der Waals surface area contributed by atoms with Gasteiger partial charge >= 0.3 is 0 Å². The van der Waals surface area contributed by atoms with Crippen molar-refractivity contribution in [2.75, 3.05) is 10.6 Å². The van der Waals surface area contributed by atoms with Gasteiger partial charge in [0, 0.05) is 36.7 Å². The number of benzene rings is 1. The first kappa shape index (κ1) is 19.3. The quantitative estimate of drug-likeness (QED) is 0.655. The summed E-state index contributed by atoms with van der Waals surface area (Å²) in [6, 6.07) is 5.46. The van der Waals surface area contributed by atoms with E-state index in [0.29, 0.717) is 11.4 Å². The number of aromatic nitrogens is 4. The van der Waals surface area contributed by atoms with Gasteiger partial charge in [-0.15, -0.1) is 0 Å². The van der Waals surface area contributed by atoms with Crippen LogP contribution in [-0.4, -0.2) is 31.1 Å². The molecule has 1 atom stereocenters. The highest BCUT2D eigenvalue weighted by Gasteiger charge is 2.13. The summed E-state index contributed by atoms with van der Waals surface area (Å²) in [5.41, 5.74) is 1.00. The van der Waals surface area contributed by atoms with Gasteiger partial charge in [-0.2, -0.15) is 5.10 Å². The van der Waals surface area contributed by atoms with Crippen LogP contribution < -0.4 is 10.6 Å². The Morgan fingerprint density at radius 2 is 1.86 bits per heavy atom. The second-order valence-corrected chi connectivity index (χ2v) is 6.46. The average molecular weight is 384 g/mol. The summed E-state index contributed by atoms with van der Waals surface area (Å²) in [5, 5.41) is 9.50. The van der Waals surface area contributed by atoms with Gasteiger partial charge in [0.05, 0.1) is 11.9 Å². The maximum atomic E-state index is 12.9. The van der Waals surface area contributed by atoms with E-state index in [4.69, 9.17) is 0 Å². The second kappa shape index (κ2) is 8.47. The van der Waals surface area contributed by atoms with Crippen LogP contribution in [0.5, 0.6) is 0 Å². The second-order valence-electron chi connectivity index (χ2n) is 6.46. The van der Waals surface area contributed by atoms with Crippen LogP contribution in [0, 0.1) is 12.7 Å². The summed E-state index contributed by atoms with van der Waals surface area (Å²) in [6.07, 6.45) is 6.88. The number of nitrogens with zero attached hydrogens (tertiary/aromatic N) is 4. The number of rotatable bonds is 7. The summed E-state index contributed by atoms with van der Waals surface area (Å²) in [4.78, 5) is 28.4. The first-order valence-electron chi connectivity index (χ1n) is 8.78. The molecular weight excluding hydrogens is 363 g/mol. The Morgan fingerprint density at radius 1 is 1.14 bits per heavy atom. The molecule has 2 heterocycles. The topological polar surface area (TPSA) is 93.8 Å². The summed E-state index contributed by atoms with van der Waals surface area (Å²) in [7, 11) is 0. The van der Waals surface area contributed by atoms with Crippen molar-refractivity contribution < 1.29 is 14.0 Å². The maximum Gasteiger partial charge on any atom is 0.246 e. The molecule has 0 aliphatic carbocycles. The van der Waals surface area contributed by atoms with Gasteiger partial charge < -0.3 is 15.2 Å². The van der Waals surface area contributed by atoms with E-state index >= 15 is 0 Å². The average Bonchev–Trinajstić information content (AvgIpc) is 3.25. The van der Waals surface area contributed by atoms with E-state index in [1.807, 2.05) is 24.6 Å². The van der Waals surface area contributed by atoms with Crippen molar-refractivity contribution in [3.05, 3.63) is 60.7 Å². The van der Waals surface area contributed by atoms with Crippen molar-refractivity contribution in [1.82, 2.24) is 19.3 Å². The molecule has 0 aliphatic heterocycles. The molecule has 28 heavy (non-hydrogen) atoms. The zero-order valence-corrected chi connectivity index (χ0v) is 15.6. The molecule has 0 radical (unpaired) electrons. The Balaban J connectivity index is 1.50. The summed E-state index contributed by atoms with van der Waals surface area (Å²) in [6.45, 7) is 3.80. The Morgan fingerprint density at radius 3 is 2.54 bits per heavy atom. The van der Waals surface area contributed by atoms with Crippen LogP contribution in [0.1, 0.15) is 25.2 Å². The van der Waals surface area contributed by atoms with E-state index < -0.39 is 0 Å². The van der Waals surface area contributed by atoms with Gasteiger partial charge in [0.25, 0.3) is 0 Å². The zero-order valence-electron chi connectivity index (χ0n) is 15.6. The van der Waals surface area contributed by atoms with E-state index in [1.165, 1.54) is 35.1 Å². The smallest absolute Gasteiger partial charge is 0.246 e. The minimum atomic E-state index is -0.372. The Hall–Kier alpha value is -3.49. The van der Waals surface area contributed by atoms with E-state index in [0.717, 1.165) is 5.82 Å². The van der Waals surface area contributed by atoms with Crippen LogP contribution in [0.25, 0.3) is 0 Å². The van der Waals surface area contributed by atoms with Crippen molar-refractivity contribution in [2.24, 2.45) is 0 Å². The molecule has 8 nitrogen and oxygen atoms in total. The highest BCUT2D eigenvalue weighted by atomic mass is 19.1. The van der Waals surface area contributed by atoms with Gasteiger partial charge in [0.2, 0.25) is 11.8 Å². The first-order chi connectivity index (χ1) is 13.4. The molecule has 0 spiro atoms. The number of aryl methyl sites for hydroxylation is 1. The van der Waals surface area contributed by atoms with Crippen LogP contribution in [0.2, 0.25) is 0 Å². The highest BCUT2D eigenvalue weighted by molar-refractivity contribution is 5.91. The lowest BCUT2D eigenvalue weighted by Gasteiger charge is -2.14. The van der Waals surface area contributed by atoms with Crippen molar-refractivity contribution >= 4 is 23.2 Å². The van der Waals surface area contributed by atoms with Crippen LogP contribution in [0.4, 0.5) is 15.8 Å². The van der Waals surface area contributed by atoms with Gasteiger partial charge in [0.1, 0.15) is 18.2 Å². The first-order valence-corrected chi connectivity index (χ1v) is 8.78. The summed E-state index contributed by atoms with van der Waals surface area (Å²) < 4.78 is 16.2. The molecule has 2 amide bonds. The molecule has 0 unspecified atom stereocenters. The maximum absolute atomic E-state index is 12.9. The summed E-state index contributed by atoms with van der Waals surface area (Å²) in [5.74, 6) is 0.0102. The Kier molecular flexibility index (Phi) is 5.83. The Labute approximate surface area is 161 Å². The van der Waals surface area contributed by atoms with Crippen molar-refractivity contribution in [1.29, 1.82) is 0 Å². The zero-order chi connectivity index (χ0) is 20.1. The molecule has 0 saturated carbocycles. The number of anilines is 2. The lowest BCUT2D eigenvalue weighted by molar-refractivity contribution is -0.117. The third kappa shape index (κ3) is 5.03. The van der Waals surface area contributed by atoms with Crippen molar-refractivity contribution in [2.45, 2.75) is 32.9 Å². The van der Waals surface area contributed by atoms with E-state index in [-0.39, 0.29) is 36.6 Å². The summed E-state index contributed by atoms with van der Waals surface area (Å²) >= 11 is 0. The van der Waals surface area contributed by atoms with Gasteiger partial charge in [-0.1, -0.05) is 0 Å². The van der Waals surface area contributed by atoms with Crippen LogP contribution in [0.15, 0.2) is 49.1 Å². The van der Waals surface area contributed by atoms with Gasteiger partial charge in [-0.3, -0.25) is 14.3 Å². The van der Waals surface area contributed by atoms with Crippen molar-refractivity contribution in [3.8, 4) is 0 Å². The fourth-order valence-electron chi connectivity index (χ4n) is 2.83. The van der Waals surface area contributed by atoms with E-state index in [2.05, 4.69) is 20.7 Å². The van der Waals surface area contributed by atoms with Gasteiger partial charge in [0.15, 0.2) is 0 Å². The number of nitrogens with one attached hydrogen (secondary N) is 2. The molecule has 2 aromatic heterocycles. The molecule has 0 saturated heterocycles. The predicted octanol–water partition coefficient (Wildman–Crippen LogP) is 2.76. The minimum Gasteiger partial charge on any atom is -0.332 e. The third-order valence-corrected chi connectivity index (χ3v) is 4.17. The van der Waals surface area contributed by atoms with Gasteiger partial charge in [-0.25, -0.2) is 9.37 Å².